The maximum Gasteiger partial charge on any atom is 0.119 e. The molecule has 2 atom stereocenters. The van der Waals surface area contributed by atoms with E-state index in [9.17, 15) is 0 Å². The summed E-state index contributed by atoms with van der Waals surface area (Å²) in [5.74, 6) is 1.24. The average molecular weight is 405 g/mol. The molecule has 2 aromatic carbocycles. The molecule has 0 aliphatic carbocycles. The lowest BCUT2D eigenvalue weighted by atomic mass is 10.3. The van der Waals surface area contributed by atoms with Gasteiger partial charge in [0.1, 0.15) is 36.9 Å². The molecule has 0 saturated heterocycles. The second kappa shape index (κ2) is 12.8. The van der Waals surface area contributed by atoms with E-state index in [2.05, 4.69) is 0 Å². The van der Waals surface area contributed by atoms with Gasteiger partial charge in [-0.05, 0) is 48.5 Å². The first-order valence-electron chi connectivity index (χ1n) is 7.79. The summed E-state index contributed by atoms with van der Waals surface area (Å²) in [4.78, 5) is 0. The first-order valence-corrected chi connectivity index (χ1v) is 8.54. The van der Waals surface area contributed by atoms with E-state index >= 15 is 0 Å². The zero-order chi connectivity index (χ0) is 19.4. The molecule has 0 radical (unpaired) electrons. The van der Waals surface area contributed by atoms with Crippen molar-refractivity contribution in [3.05, 3.63) is 58.6 Å². The van der Waals surface area contributed by atoms with Crippen molar-refractivity contribution in [2.45, 2.75) is 12.2 Å². The number of hydrogen-bond acceptors (Lipinski definition) is 6. The first kappa shape index (κ1) is 22.5. The molecule has 0 spiro atoms. The Morgan fingerprint density at radius 3 is 1.23 bits per heavy atom. The topological polar surface area (TPSA) is 99.4 Å². The molecule has 2 aromatic rings. The Hall–Kier alpha value is -1.54. The van der Waals surface area contributed by atoms with Gasteiger partial charge in [-0.2, -0.15) is 0 Å². The molecule has 0 fully saturated rings. The van der Waals surface area contributed by atoms with Crippen LogP contribution in [0.5, 0.6) is 11.5 Å². The van der Waals surface area contributed by atoms with Gasteiger partial charge in [-0.15, -0.1) is 0 Å². The Morgan fingerprint density at radius 1 is 0.654 bits per heavy atom. The summed E-state index contributed by atoms with van der Waals surface area (Å²) in [5, 5.41) is 36.2. The molecule has 0 amide bonds. The lowest BCUT2D eigenvalue weighted by molar-refractivity contribution is 0.0536. The minimum absolute atomic E-state index is 0.0815. The van der Waals surface area contributed by atoms with Crippen LogP contribution in [0.2, 0.25) is 10.0 Å². The highest BCUT2D eigenvalue weighted by Gasteiger charge is 2.03. The minimum atomic E-state index is -0.837. The molecular formula is C18H22Cl2O6. The Balaban J connectivity index is 0.000000260. The number of aliphatic hydroxyl groups is 4. The van der Waals surface area contributed by atoms with Crippen molar-refractivity contribution in [1.82, 2.24) is 0 Å². The molecule has 0 saturated carbocycles. The van der Waals surface area contributed by atoms with E-state index in [4.69, 9.17) is 53.1 Å². The number of hydrogen-bond donors (Lipinski definition) is 4. The van der Waals surface area contributed by atoms with E-state index in [0.29, 0.717) is 21.5 Å². The van der Waals surface area contributed by atoms with Gasteiger partial charge in [-0.3, -0.25) is 0 Å². The number of ether oxygens (including phenoxy) is 2. The van der Waals surface area contributed by atoms with Crippen molar-refractivity contribution in [2.24, 2.45) is 0 Å². The molecule has 26 heavy (non-hydrogen) atoms. The van der Waals surface area contributed by atoms with Crippen LogP contribution in [0.3, 0.4) is 0 Å². The smallest absolute Gasteiger partial charge is 0.119 e. The summed E-state index contributed by atoms with van der Waals surface area (Å²) in [6, 6.07) is 13.6. The van der Waals surface area contributed by atoms with Gasteiger partial charge in [0, 0.05) is 10.0 Å². The van der Waals surface area contributed by atoms with Crippen LogP contribution in [0.25, 0.3) is 0 Å². The third kappa shape index (κ3) is 9.82. The molecule has 8 heteroatoms. The highest BCUT2D eigenvalue weighted by molar-refractivity contribution is 6.30. The van der Waals surface area contributed by atoms with E-state index in [1.807, 2.05) is 0 Å². The van der Waals surface area contributed by atoms with Crippen LogP contribution in [-0.2, 0) is 0 Å². The summed E-state index contributed by atoms with van der Waals surface area (Å²) in [5.41, 5.74) is 0. The SMILES string of the molecule is OC[C@@H](O)COc1ccc(Cl)cc1.OC[C@H](O)COc1ccc(Cl)cc1. The fraction of sp³-hybridized carbons (Fsp3) is 0.333. The van der Waals surface area contributed by atoms with E-state index in [1.165, 1.54) is 0 Å². The Morgan fingerprint density at radius 2 is 0.962 bits per heavy atom. The van der Waals surface area contributed by atoms with Crippen molar-refractivity contribution in [3.63, 3.8) is 0 Å². The Bertz CT molecular complexity index is 551. The average Bonchev–Trinajstić information content (AvgIpc) is 2.67. The van der Waals surface area contributed by atoms with E-state index in [1.54, 1.807) is 48.5 Å². The largest absolute Gasteiger partial charge is 0.491 e. The molecule has 4 N–H and O–H groups in total. The summed E-state index contributed by atoms with van der Waals surface area (Å²) in [6.45, 7) is -0.433. The van der Waals surface area contributed by atoms with Gasteiger partial charge < -0.3 is 29.9 Å². The van der Waals surface area contributed by atoms with Gasteiger partial charge in [-0.1, -0.05) is 23.2 Å². The zero-order valence-corrected chi connectivity index (χ0v) is 15.5. The van der Waals surface area contributed by atoms with Gasteiger partial charge >= 0.3 is 0 Å². The van der Waals surface area contributed by atoms with Crippen molar-refractivity contribution in [2.75, 3.05) is 26.4 Å². The maximum atomic E-state index is 8.97. The van der Waals surface area contributed by atoms with Gasteiger partial charge in [-0.25, -0.2) is 0 Å². The molecule has 0 bridgehead atoms. The molecule has 6 nitrogen and oxygen atoms in total. The van der Waals surface area contributed by atoms with Gasteiger partial charge in [0.05, 0.1) is 13.2 Å². The van der Waals surface area contributed by atoms with Crippen molar-refractivity contribution in [3.8, 4) is 11.5 Å². The molecule has 0 aromatic heterocycles. The van der Waals surface area contributed by atoms with Crippen LogP contribution in [0.1, 0.15) is 0 Å². The molecular weight excluding hydrogens is 383 g/mol. The fourth-order valence-corrected chi connectivity index (χ4v) is 1.80. The highest BCUT2D eigenvalue weighted by atomic mass is 35.5. The summed E-state index contributed by atoms with van der Waals surface area (Å²) in [6.07, 6.45) is -1.67. The summed E-state index contributed by atoms with van der Waals surface area (Å²) < 4.78 is 10.3. The highest BCUT2D eigenvalue weighted by Crippen LogP contribution is 2.16. The van der Waals surface area contributed by atoms with Crippen LogP contribution in [0.15, 0.2) is 48.5 Å². The third-order valence-electron chi connectivity index (χ3n) is 2.93. The van der Waals surface area contributed by atoms with Crippen molar-refractivity contribution in [1.29, 1.82) is 0 Å². The number of aliphatic hydroxyl groups excluding tert-OH is 4. The normalized spacial score (nSPS) is 12.5. The molecule has 0 heterocycles. The molecule has 2 rings (SSSR count). The standard InChI is InChI=1S/2C9H11ClO3/c2*10-7-1-3-9(4-2-7)13-6-8(12)5-11/h2*1-4,8,11-12H,5-6H2/t2*8-/m10/s1. The molecule has 0 aliphatic rings. The van der Waals surface area contributed by atoms with Crippen LogP contribution in [-0.4, -0.2) is 59.1 Å². The molecule has 144 valence electrons. The first-order chi connectivity index (χ1) is 12.4. The van der Waals surface area contributed by atoms with E-state index in [0.717, 1.165) is 0 Å². The van der Waals surface area contributed by atoms with Gasteiger partial charge in [0.2, 0.25) is 0 Å². The Kier molecular flexibility index (Phi) is 11.0. The predicted octanol–water partition coefficient (Wildman–Crippen LogP) is 2.14. The van der Waals surface area contributed by atoms with Crippen LogP contribution < -0.4 is 9.47 Å². The summed E-state index contributed by atoms with van der Waals surface area (Å²) in [7, 11) is 0. The lowest BCUT2D eigenvalue weighted by Crippen LogP contribution is -2.21. The lowest BCUT2D eigenvalue weighted by Gasteiger charge is -2.09. The van der Waals surface area contributed by atoms with E-state index in [-0.39, 0.29) is 26.4 Å². The quantitative estimate of drug-likeness (QED) is 0.537. The Labute approximate surface area is 162 Å². The molecule has 0 aliphatic heterocycles. The number of rotatable bonds is 8. The van der Waals surface area contributed by atoms with Crippen LogP contribution >= 0.6 is 23.2 Å². The van der Waals surface area contributed by atoms with E-state index < -0.39 is 12.2 Å². The zero-order valence-electron chi connectivity index (χ0n) is 14.0. The third-order valence-corrected chi connectivity index (χ3v) is 3.44. The van der Waals surface area contributed by atoms with Gasteiger partial charge in [0.15, 0.2) is 0 Å². The maximum absolute atomic E-state index is 8.97. The van der Waals surface area contributed by atoms with Crippen molar-refractivity contribution >= 4 is 23.2 Å². The second-order valence-electron chi connectivity index (χ2n) is 5.20. The predicted molar refractivity (Wildman–Crippen MR) is 100 cm³/mol. The fourth-order valence-electron chi connectivity index (χ4n) is 1.55. The number of halogens is 2. The molecule has 0 unspecified atom stereocenters. The van der Waals surface area contributed by atoms with Gasteiger partial charge in [0.25, 0.3) is 0 Å². The van der Waals surface area contributed by atoms with Crippen LogP contribution in [0, 0.1) is 0 Å². The summed E-state index contributed by atoms with van der Waals surface area (Å²) >= 11 is 11.3. The van der Waals surface area contributed by atoms with Crippen LogP contribution in [0.4, 0.5) is 0 Å². The minimum Gasteiger partial charge on any atom is -0.491 e. The second-order valence-corrected chi connectivity index (χ2v) is 6.08. The van der Waals surface area contributed by atoms with Crippen molar-refractivity contribution < 1.29 is 29.9 Å². The monoisotopic (exact) mass is 404 g/mol. The number of benzene rings is 2.